The molecule has 0 N–H and O–H groups in total. The number of hydrogen-bond donors (Lipinski definition) is 0. The molecule has 0 aliphatic heterocycles. The van der Waals surface area contributed by atoms with E-state index in [0.717, 1.165) is 0 Å². The highest BCUT2D eigenvalue weighted by atomic mass is 16.2. The highest BCUT2D eigenvalue weighted by Gasteiger charge is 2.18. The first-order valence-corrected chi connectivity index (χ1v) is 5.89. The number of rotatable bonds is 5. The highest BCUT2D eigenvalue weighted by Crippen LogP contribution is 1.99. The van der Waals surface area contributed by atoms with Crippen LogP contribution in [0.5, 0.6) is 0 Å². The second-order valence-corrected chi connectivity index (χ2v) is 3.82. The summed E-state index contributed by atoms with van der Waals surface area (Å²) in [5.41, 5.74) is 0.243. The van der Waals surface area contributed by atoms with Crippen molar-refractivity contribution in [3.8, 4) is 0 Å². The predicted octanol–water partition coefficient (Wildman–Crippen LogP) is 0.417. The summed E-state index contributed by atoms with van der Waals surface area (Å²) in [6, 6.07) is 0. The van der Waals surface area contributed by atoms with Crippen LogP contribution in [0.1, 0.15) is 24.3 Å². The molecule has 1 aromatic rings. The van der Waals surface area contributed by atoms with Crippen molar-refractivity contribution in [1.82, 2.24) is 19.8 Å². The molecule has 0 atom stereocenters. The van der Waals surface area contributed by atoms with Gasteiger partial charge in [0.15, 0.2) is 0 Å². The lowest BCUT2D eigenvalue weighted by atomic mass is 10.3. The number of aromatic nitrogens is 2. The number of carbonyl (C=O) groups is 2. The fourth-order valence-corrected chi connectivity index (χ4v) is 1.56. The van der Waals surface area contributed by atoms with E-state index in [4.69, 9.17) is 0 Å². The second kappa shape index (κ2) is 6.68. The Morgan fingerprint density at radius 2 is 1.89 bits per heavy atom. The monoisotopic (exact) mass is 250 g/mol. The van der Waals surface area contributed by atoms with E-state index in [0.29, 0.717) is 13.1 Å². The zero-order valence-corrected chi connectivity index (χ0v) is 11.0. The largest absolute Gasteiger partial charge is 0.342 e. The lowest BCUT2D eigenvalue weighted by Gasteiger charge is -2.22. The summed E-state index contributed by atoms with van der Waals surface area (Å²) < 4.78 is 0. The third-order valence-corrected chi connectivity index (χ3v) is 2.62. The van der Waals surface area contributed by atoms with Crippen molar-refractivity contribution in [3.05, 3.63) is 24.3 Å². The van der Waals surface area contributed by atoms with E-state index < -0.39 is 0 Å². The number of amides is 2. The summed E-state index contributed by atoms with van der Waals surface area (Å²) in [5, 5.41) is 0. The zero-order valence-electron chi connectivity index (χ0n) is 11.0. The molecular formula is C12H18N4O2. The summed E-state index contributed by atoms with van der Waals surface area (Å²) >= 11 is 0. The third kappa shape index (κ3) is 3.51. The molecule has 0 aromatic carbocycles. The molecule has 0 aliphatic rings. The molecule has 6 nitrogen and oxygen atoms in total. The maximum Gasteiger partial charge on any atom is 0.274 e. The average molecular weight is 250 g/mol. The van der Waals surface area contributed by atoms with Crippen molar-refractivity contribution in [2.45, 2.75) is 13.8 Å². The van der Waals surface area contributed by atoms with E-state index in [1.807, 2.05) is 13.8 Å². The van der Waals surface area contributed by atoms with Crippen molar-refractivity contribution < 1.29 is 9.59 Å². The Bertz CT molecular complexity index is 404. The van der Waals surface area contributed by atoms with E-state index in [9.17, 15) is 9.59 Å². The molecule has 1 aromatic heterocycles. The quantitative estimate of drug-likeness (QED) is 0.759. The lowest BCUT2D eigenvalue weighted by molar-refractivity contribution is -0.131. The standard InChI is InChI=1S/C12H18N4O2/c1-4-16(5-2)11(17)9-15(3)12(18)10-8-13-6-7-14-10/h6-8H,4-5,9H2,1-3H3. The second-order valence-electron chi connectivity index (χ2n) is 3.82. The number of nitrogens with zero attached hydrogens (tertiary/aromatic N) is 4. The molecule has 0 spiro atoms. The fraction of sp³-hybridized carbons (Fsp3) is 0.500. The molecule has 1 rings (SSSR count). The summed E-state index contributed by atoms with van der Waals surface area (Å²) in [5.74, 6) is -0.372. The van der Waals surface area contributed by atoms with Gasteiger partial charge in [0.2, 0.25) is 5.91 Å². The smallest absolute Gasteiger partial charge is 0.274 e. The van der Waals surface area contributed by atoms with Gasteiger partial charge < -0.3 is 9.80 Å². The van der Waals surface area contributed by atoms with Gasteiger partial charge in [0.25, 0.3) is 5.91 Å². The van der Waals surface area contributed by atoms with Gasteiger partial charge in [-0.2, -0.15) is 0 Å². The van der Waals surface area contributed by atoms with Gasteiger partial charge in [0.05, 0.1) is 12.7 Å². The first kappa shape index (κ1) is 14.1. The molecule has 6 heteroatoms. The Morgan fingerprint density at radius 1 is 1.22 bits per heavy atom. The van der Waals surface area contributed by atoms with Crippen LogP contribution in [0.2, 0.25) is 0 Å². The van der Waals surface area contributed by atoms with Crippen LogP contribution in [0.4, 0.5) is 0 Å². The molecule has 0 saturated carbocycles. The van der Waals surface area contributed by atoms with Crippen LogP contribution in [-0.4, -0.2) is 58.3 Å². The molecular weight excluding hydrogens is 232 g/mol. The van der Waals surface area contributed by atoms with Crippen molar-refractivity contribution >= 4 is 11.8 Å². The van der Waals surface area contributed by atoms with Crippen LogP contribution in [0, 0.1) is 0 Å². The molecule has 18 heavy (non-hydrogen) atoms. The first-order chi connectivity index (χ1) is 8.60. The van der Waals surface area contributed by atoms with Gasteiger partial charge in [-0.25, -0.2) is 4.98 Å². The molecule has 98 valence electrons. The molecule has 0 fully saturated rings. The number of carbonyl (C=O) groups excluding carboxylic acids is 2. The fourth-order valence-electron chi connectivity index (χ4n) is 1.56. The van der Waals surface area contributed by atoms with E-state index in [-0.39, 0.29) is 24.1 Å². The lowest BCUT2D eigenvalue weighted by Crippen LogP contribution is -2.41. The predicted molar refractivity (Wildman–Crippen MR) is 66.9 cm³/mol. The van der Waals surface area contributed by atoms with Gasteiger partial charge >= 0.3 is 0 Å². The molecule has 0 unspecified atom stereocenters. The molecule has 0 radical (unpaired) electrons. The van der Waals surface area contributed by atoms with Crippen LogP contribution in [0.3, 0.4) is 0 Å². The summed E-state index contributed by atoms with van der Waals surface area (Å²) in [6.07, 6.45) is 4.34. The van der Waals surface area contributed by atoms with Gasteiger partial charge in [-0.1, -0.05) is 0 Å². The SMILES string of the molecule is CCN(CC)C(=O)CN(C)C(=O)c1cnccn1. The minimum Gasteiger partial charge on any atom is -0.342 e. The minimum absolute atomic E-state index is 0.0527. The molecule has 0 aliphatic carbocycles. The van der Waals surface area contributed by atoms with Gasteiger partial charge in [0, 0.05) is 32.5 Å². The average Bonchev–Trinajstić information content (AvgIpc) is 2.40. The molecule has 0 bridgehead atoms. The van der Waals surface area contributed by atoms with Crippen molar-refractivity contribution in [2.24, 2.45) is 0 Å². The third-order valence-electron chi connectivity index (χ3n) is 2.62. The topological polar surface area (TPSA) is 66.4 Å². The van der Waals surface area contributed by atoms with Crippen molar-refractivity contribution in [1.29, 1.82) is 0 Å². The van der Waals surface area contributed by atoms with Crippen LogP contribution >= 0.6 is 0 Å². The van der Waals surface area contributed by atoms with Crippen molar-refractivity contribution in [3.63, 3.8) is 0 Å². The maximum atomic E-state index is 11.9. The zero-order chi connectivity index (χ0) is 13.5. The number of likely N-dealkylation sites (N-methyl/N-ethyl adjacent to an activating group) is 2. The Balaban J connectivity index is 2.63. The number of hydrogen-bond acceptors (Lipinski definition) is 4. The minimum atomic E-state index is -0.302. The summed E-state index contributed by atoms with van der Waals surface area (Å²) in [4.78, 5) is 34.6. The van der Waals surface area contributed by atoms with Gasteiger partial charge in [-0.15, -0.1) is 0 Å². The van der Waals surface area contributed by atoms with Crippen molar-refractivity contribution in [2.75, 3.05) is 26.7 Å². The Labute approximate surface area is 107 Å². The molecule has 1 heterocycles. The van der Waals surface area contributed by atoms with E-state index in [2.05, 4.69) is 9.97 Å². The van der Waals surface area contributed by atoms with Crippen LogP contribution in [0.15, 0.2) is 18.6 Å². The van der Waals surface area contributed by atoms with E-state index in [1.54, 1.807) is 11.9 Å². The Kier molecular flexibility index (Phi) is 5.23. The Hall–Kier alpha value is -1.98. The van der Waals surface area contributed by atoms with E-state index >= 15 is 0 Å². The van der Waals surface area contributed by atoms with Gasteiger partial charge in [0.1, 0.15) is 5.69 Å². The Morgan fingerprint density at radius 3 is 2.39 bits per heavy atom. The first-order valence-electron chi connectivity index (χ1n) is 5.89. The maximum absolute atomic E-state index is 11.9. The van der Waals surface area contributed by atoms with Crippen LogP contribution in [-0.2, 0) is 4.79 Å². The molecule has 0 saturated heterocycles. The van der Waals surface area contributed by atoms with Crippen LogP contribution < -0.4 is 0 Å². The van der Waals surface area contributed by atoms with Gasteiger partial charge in [-0.05, 0) is 13.8 Å². The highest BCUT2D eigenvalue weighted by molar-refractivity contribution is 5.94. The summed E-state index contributed by atoms with van der Waals surface area (Å²) in [7, 11) is 1.58. The normalized spacial score (nSPS) is 9.94. The van der Waals surface area contributed by atoms with E-state index in [1.165, 1.54) is 23.5 Å². The van der Waals surface area contributed by atoms with Crippen LogP contribution in [0.25, 0.3) is 0 Å². The van der Waals surface area contributed by atoms with Gasteiger partial charge in [-0.3, -0.25) is 14.6 Å². The summed E-state index contributed by atoms with van der Waals surface area (Å²) in [6.45, 7) is 5.15. The molecule has 2 amide bonds.